The minimum Gasteiger partial charge on any atom is -0.497 e. The fourth-order valence-corrected chi connectivity index (χ4v) is 3.21. The first kappa shape index (κ1) is 16.2. The Balaban J connectivity index is 1.71. The maximum atomic E-state index is 12.9. The quantitative estimate of drug-likeness (QED) is 0.601. The Bertz CT molecular complexity index is 1140. The van der Waals surface area contributed by atoms with Crippen LogP contribution in [0.5, 0.6) is 11.5 Å². The molecule has 2 aromatic carbocycles. The number of aromatic nitrogens is 3. The second kappa shape index (κ2) is 6.55. The number of benzene rings is 2. The molecule has 0 amide bonds. The van der Waals surface area contributed by atoms with Crippen LogP contribution in [0.15, 0.2) is 53.6 Å². The van der Waals surface area contributed by atoms with Crippen LogP contribution in [0.2, 0.25) is 0 Å². The van der Waals surface area contributed by atoms with Gasteiger partial charge in [-0.1, -0.05) is 18.2 Å². The number of ether oxygens (including phenoxy) is 2. The van der Waals surface area contributed by atoms with Gasteiger partial charge in [-0.3, -0.25) is 9.36 Å². The minimum absolute atomic E-state index is 0.0833. The lowest BCUT2D eigenvalue weighted by Gasteiger charge is -2.09. The van der Waals surface area contributed by atoms with Crippen molar-refractivity contribution in [3.05, 3.63) is 64.7 Å². The van der Waals surface area contributed by atoms with Crippen LogP contribution in [0.1, 0.15) is 5.56 Å². The highest BCUT2D eigenvalue weighted by Gasteiger charge is 2.12. The van der Waals surface area contributed by atoms with E-state index in [0.29, 0.717) is 24.0 Å². The molecule has 2 heterocycles. The number of nitrogens with zero attached hydrogens (tertiary/aromatic N) is 2. The predicted octanol–water partition coefficient (Wildman–Crippen LogP) is 3.14. The number of methoxy groups -OCH3 is 2. The van der Waals surface area contributed by atoms with Gasteiger partial charge in [-0.15, -0.1) is 0 Å². The number of aryl methyl sites for hydroxylation is 2. The van der Waals surface area contributed by atoms with Crippen molar-refractivity contribution in [3.8, 4) is 11.5 Å². The molecule has 0 atom stereocenters. The van der Waals surface area contributed by atoms with Gasteiger partial charge in [-0.05, 0) is 30.2 Å². The zero-order chi connectivity index (χ0) is 18.1. The van der Waals surface area contributed by atoms with Crippen molar-refractivity contribution in [2.45, 2.75) is 13.0 Å². The molecule has 4 aromatic rings. The highest BCUT2D eigenvalue weighted by Crippen LogP contribution is 2.25. The van der Waals surface area contributed by atoms with Crippen molar-refractivity contribution >= 4 is 21.9 Å². The molecule has 4 rings (SSSR count). The van der Waals surface area contributed by atoms with Crippen molar-refractivity contribution in [2.24, 2.45) is 0 Å². The number of hydrogen-bond acceptors (Lipinski definition) is 4. The summed E-state index contributed by atoms with van der Waals surface area (Å²) in [7, 11) is 3.27. The Hall–Kier alpha value is -3.28. The smallest absolute Gasteiger partial charge is 0.277 e. The van der Waals surface area contributed by atoms with Crippen LogP contribution in [0.25, 0.3) is 21.9 Å². The summed E-state index contributed by atoms with van der Waals surface area (Å²) in [5.74, 6) is 1.56. The Kier molecular flexibility index (Phi) is 4.08. The third-order valence-corrected chi connectivity index (χ3v) is 4.59. The largest absolute Gasteiger partial charge is 0.497 e. The van der Waals surface area contributed by atoms with Crippen molar-refractivity contribution in [3.63, 3.8) is 0 Å². The summed E-state index contributed by atoms with van der Waals surface area (Å²) in [6.07, 6.45) is 2.29. The number of aromatic amines is 1. The van der Waals surface area contributed by atoms with E-state index in [1.165, 1.54) is 0 Å². The molecule has 1 N–H and O–H groups in total. The maximum Gasteiger partial charge on any atom is 0.277 e. The first-order valence-corrected chi connectivity index (χ1v) is 8.38. The lowest BCUT2D eigenvalue weighted by atomic mass is 10.1. The van der Waals surface area contributed by atoms with E-state index in [0.717, 1.165) is 28.0 Å². The van der Waals surface area contributed by atoms with Crippen molar-refractivity contribution in [2.75, 3.05) is 14.2 Å². The molecule has 0 aliphatic carbocycles. The summed E-state index contributed by atoms with van der Waals surface area (Å²) in [6.45, 7) is 0.529. The normalized spacial score (nSPS) is 11.2. The van der Waals surface area contributed by atoms with Crippen molar-refractivity contribution in [1.29, 1.82) is 0 Å². The number of rotatable bonds is 5. The average molecular weight is 349 g/mol. The molecule has 0 radical (unpaired) electrons. The van der Waals surface area contributed by atoms with Gasteiger partial charge in [-0.25, -0.2) is 4.98 Å². The molecule has 0 bridgehead atoms. The molecule has 2 aromatic heterocycles. The van der Waals surface area contributed by atoms with Crippen LogP contribution >= 0.6 is 0 Å². The summed E-state index contributed by atoms with van der Waals surface area (Å²) >= 11 is 0. The number of nitrogens with one attached hydrogen (secondary N) is 1. The molecule has 0 aliphatic heterocycles. The van der Waals surface area contributed by atoms with E-state index < -0.39 is 0 Å². The van der Waals surface area contributed by atoms with Gasteiger partial charge < -0.3 is 14.5 Å². The van der Waals surface area contributed by atoms with Gasteiger partial charge in [0, 0.05) is 18.0 Å². The number of hydrogen-bond donors (Lipinski definition) is 1. The summed E-state index contributed by atoms with van der Waals surface area (Å²) in [6, 6.07) is 13.5. The molecule has 0 aliphatic rings. The van der Waals surface area contributed by atoms with Crippen LogP contribution in [-0.4, -0.2) is 28.8 Å². The Morgan fingerprint density at radius 1 is 1.12 bits per heavy atom. The number of para-hydroxylation sites is 1. The predicted molar refractivity (Wildman–Crippen MR) is 101 cm³/mol. The van der Waals surface area contributed by atoms with Crippen LogP contribution in [-0.2, 0) is 13.0 Å². The molecule has 132 valence electrons. The van der Waals surface area contributed by atoms with Crippen LogP contribution in [0, 0.1) is 0 Å². The fraction of sp³-hybridized carbons (Fsp3) is 0.200. The Morgan fingerprint density at radius 3 is 2.77 bits per heavy atom. The standard InChI is InChI=1S/C20H19N3O3/c1-25-14-7-8-15-16(11-14)22-19-18(15)21-12-23(20(19)24)10-9-13-5-3-4-6-17(13)26-2/h3-8,11-12,22H,9-10H2,1-2H3. The molecule has 6 nitrogen and oxygen atoms in total. The van der Waals surface area contributed by atoms with Gasteiger partial charge in [0.25, 0.3) is 5.56 Å². The van der Waals surface area contributed by atoms with Gasteiger partial charge in [0.05, 0.1) is 26.1 Å². The molecule has 6 heteroatoms. The Labute approximate surface area is 150 Å². The van der Waals surface area contributed by atoms with Crippen molar-refractivity contribution < 1.29 is 9.47 Å². The summed E-state index contributed by atoms with van der Waals surface area (Å²) in [5, 5.41) is 0.912. The van der Waals surface area contributed by atoms with Crippen LogP contribution in [0.4, 0.5) is 0 Å². The first-order valence-electron chi connectivity index (χ1n) is 8.38. The van der Waals surface area contributed by atoms with E-state index in [1.807, 2.05) is 42.5 Å². The third kappa shape index (κ3) is 2.69. The first-order chi connectivity index (χ1) is 12.7. The molecule has 0 spiro atoms. The van der Waals surface area contributed by atoms with Gasteiger partial charge in [0.2, 0.25) is 0 Å². The topological polar surface area (TPSA) is 69.1 Å². The van der Waals surface area contributed by atoms with Crippen LogP contribution < -0.4 is 15.0 Å². The zero-order valence-electron chi connectivity index (χ0n) is 14.7. The monoisotopic (exact) mass is 349 g/mol. The van der Waals surface area contributed by atoms with Gasteiger partial charge >= 0.3 is 0 Å². The van der Waals surface area contributed by atoms with E-state index >= 15 is 0 Å². The molecular weight excluding hydrogens is 330 g/mol. The minimum atomic E-state index is -0.0833. The Morgan fingerprint density at radius 2 is 1.96 bits per heavy atom. The van der Waals surface area contributed by atoms with E-state index in [1.54, 1.807) is 25.1 Å². The molecule has 0 saturated heterocycles. The average Bonchev–Trinajstić information content (AvgIpc) is 3.06. The van der Waals surface area contributed by atoms with E-state index in [9.17, 15) is 4.79 Å². The second-order valence-corrected chi connectivity index (χ2v) is 6.07. The lowest BCUT2D eigenvalue weighted by Crippen LogP contribution is -2.21. The van der Waals surface area contributed by atoms with Crippen LogP contribution in [0.3, 0.4) is 0 Å². The fourth-order valence-electron chi connectivity index (χ4n) is 3.21. The molecule has 0 saturated carbocycles. The van der Waals surface area contributed by atoms with Gasteiger partial charge in [-0.2, -0.15) is 0 Å². The highest BCUT2D eigenvalue weighted by atomic mass is 16.5. The zero-order valence-corrected chi connectivity index (χ0v) is 14.7. The lowest BCUT2D eigenvalue weighted by molar-refractivity contribution is 0.408. The molecule has 26 heavy (non-hydrogen) atoms. The number of H-pyrrole nitrogens is 1. The van der Waals surface area contributed by atoms with E-state index in [2.05, 4.69) is 9.97 Å². The summed E-state index contributed by atoms with van der Waals surface area (Å²) < 4.78 is 12.2. The van der Waals surface area contributed by atoms with E-state index in [-0.39, 0.29) is 5.56 Å². The van der Waals surface area contributed by atoms with Gasteiger partial charge in [0.1, 0.15) is 22.5 Å². The second-order valence-electron chi connectivity index (χ2n) is 6.07. The number of fused-ring (bicyclic) bond motifs is 3. The van der Waals surface area contributed by atoms with E-state index in [4.69, 9.17) is 9.47 Å². The van der Waals surface area contributed by atoms with Crippen molar-refractivity contribution in [1.82, 2.24) is 14.5 Å². The SMILES string of the molecule is COc1ccc2c(c1)[nH]c1c(=O)n(CCc3ccccc3OC)cnc12. The summed E-state index contributed by atoms with van der Waals surface area (Å²) in [4.78, 5) is 20.5. The molecule has 0 unspecified atom stereocenters. The highest BCUT2D eigenvalue weighted by molar-refractivity contribution is 6.04. The third-order valence-electron chi connectivity index (χ3n) is 4.59. The molecule has 0 fully saturated rings. The van der Waals surface area contributed by atoms with Gasteiger partial charge in [0.15, 0.2) is 0 Å². The maximum absolute atomic E-state index is 12.9. The molecular formula is C20H19N3O3. The summed E-state index contributed by atoms with van der Waals surface area (Å²) in [5.41, 5.74) is 3.01.